The second kappa shape index (κ2) is 4.29. The van der Waals surface area contributed by atoms with Gasteiger partial charge in [0.05, 0.1) is 12.1 Å². The van der Waals surface area contributed by atoms with Crippen LogP contribution in [0.5, 0.6) is 0 Å². The van der Waals surface area contributed by atoms with E-state index in [1.165, 1.54) is 6.07 Å². The van der Waals surface area contributed by atoms with Gasteiger partial charge in [-0.15, -0.1) is 0 Å². The van der Waals surface area contributed by atoms with Crippen molar-refractivity contribution in [3.05, 3.63) is 28.0 Å². The molecule has 0 radical (unpaired) electrons. The predicted octanol–water partition coefficient (Wildman–Crippen LogP) is 3.51. The molecule has 0 aliphatic rings. The molecule has 0 aliphatic carbocycles. The minimum absolute atomic E-state index is 0.0590. The van der Waals surface area contributed by atoms with Gasteiger partial charge in [0.25, 0.3) is 0 Å². The third kappa shape index (κ3) is 3.65. The second-order valence-corrected chi connectivity index (χ2v) is 3.83. The van der Waals surface area contributed by atoms with Gasteiger partial charge in [-0.3, -0.25) is 4.98 Å². The number of hydrogen-bond donors (Lipinski definition) is 0. The Bertz CT molecular complexity index is 322. The maximum absolute atomic E-state index is 12.1. The van der Waals surface area contributed by atoms with Crippen molar-refractivity contribution >= 4 is 15.9 Å². The minimum atomic E-state index is -4.20. The third-order valence-corrected chi connectivity index (χ3v) is 2.10. The average molecular weight is 268 g/mol. The Kier molecular flexibility index (Phi) is 3.53. The Hall–Kier alpha value is -0.580. The van der Waals surface area contributed by atoms with Gasteiger partial charge in [0.1, 0.15) is 0 Å². The Morgan fingerprint density at radius 3 is 2.36 bits per heavy atom. The van der Waals surface area contributed by atoms with Crippen LogP contribution < -0.4 is 0 Å². The molecule has 0 atom stereocenters. The van der Waals surface area contributed by atoms with Gasteiger partial charge >= 0.3 is 6.18 Å². The zero-order chi connectivity index (χ0) is 10.8. The standard InChI is InChI=1S/C9H9BrF3N/c1-2-7-3-6(10)4-8(14-7)5-9(11,12)13/h3-4H,2,5H2,1H3. The zero-order valence-corrected chi connectivity index (χ0v) is 9.11. The molecule has 0 amide bonds. The van der Waals surface area contributed by atoms with Gasteiger partial charge in [-0.05, 0) is 18.6 Å². The topological polar surface area (TPSA) is 12.9 Å². The van der Waals surface area contributed by atoms with Crippen LogP contribution in [0.15, 0.2) is 16.6 Å². The molecule has 0 unspecified atom stereocenters. The molecule has 1 nitrogen and oxygen atoms in total. The van der Waals surface area contributed by atoms with Crippen LogP contribution in [0.1, 0.15) is 18.3 Å². The van der Waals surface area contributed by atoms with Gasteiger partial charge in [0, 0.05) is 10.2 Å². The summed E-state index contributed by atoms with van der Waals surface area (Å²) in [6.45, 7) is 1.85. The molecule has 1 aromatic rings. The van der Waals surface area contributed by atoms with Crippen LogP contribution in [-0.4, -0.2) is 11.2 Å². The molecule has 78 valence electrons. The molecule has 0 N–H and O–H groups in total. The lowest BCUT2D eigenvalue weighted by Crippen LogP contribution is -2.13. The SMILES string of the molecule is CCc1cc(Br)cc(CC(F)(F)F)n1. The highest BCUT2D eigenvalue weighted by Crippen LogP contribution is 2.22. The summed E-state index contributed by atoms with van der Waals surface area (Å²) in [6, 6.07) is 3.12. The van der Waals surface area contributed by atoms with Crippen LogP contribution in [0.25, 0.3) is 0 Å². The van der Waals surface area contributed by atoms with E-state index >= 15 is 0 Å². The van der Waals surface area contributed by atoms with E-state index in [-0.39, 0.29) is 5.69 Å². The van der Waals surface area contributed by atoms with Gasteiger partial charge in [0.15, 0.2) is 0 Å². The number of hydrogen-bond acceptors (Lipinski definition) is 1. The number of aryl methyl sites for hydroxylation is 1. The monoisotopic (exact) mass is 267 g/mol. The Balaban J connectivity index is 2.92. The lowest BCUT2D eigenvalue weighted by Gasteiger charge is -2.07. The summed E-state index contributed by atoms with van der Waals surface area (Å²) < 4.78 is 36.8. The molecule has 0 aromatic carbocycles. The van der Waals surface area contributed by atoms with Crippen LogP contribution in [0.2, 0.25) is 0 Å². The van der Waals surface area contributed by atoms with Gasteiger partial charge in [-0.2, -0.15) is 13.2 Å². The fourth-order valence-corrected chi connectivity index (χ4v) is 1.61. The molecular formula is C9H9BrF3N. The molecule has 0 bridgehead atoms. The zero-order valence-electron chi connectivity index (χ0n) is 7.53. The van der Waals surface area contributed by atoms with Crippen molar-refractivity contribution in [2.45, 2.75) is 25.9 Å². The molecule has 0 saturated carbocycles. The fraction of sp³-hybridized carbons (Fsp3) is 0.444. The molecule has 1 rings (SSSR count). The van der Waals surface area contributed by atoms with Crippen LogP contribution >= 0.6 is 15.9 Å². The first-order valence-electron chi connectivity index (χ1n) is 4.13. The molecule has 0 spiro atoms. The smallest absolute Gasteiger partial charge is 0.257 e. The van der Waals surface area contributed by atoms with E-state index in [0.29, 0.717) is 16.6 Å². The van der Waals surface area contributed by atoms with Crippen molar-refractivity contribution in [2.24, 2.45) is 0 Å². The molecule has 0 saturated heterocycles. The van der Waals surface area contributed by atoms with E-state index in [1.54, 1.807) is 6.07 Å². The predicted molar refractivity (Wildman–Crippen MR) is 51.1 cm³/mol. The highest BCUT2D eigenvalue weighted by molar-refractivity contribution is 9.10. The molecule has 5 heteroatoms. The fourth-order valence-electron chi connectivity index (χ4n) is 1.09. The van der Waals surface area contributed by atoms with Crippen LogP contribution in [-0.2, 0) is 12.8 Å². The molecule has 0 fully saturated rings. The molecular weight excluding hydrogens is 259 g/mol. The number of aromatic nitrogens is 1. The van der Waals surface area contributed by atoms with Crippen LogP contribution in [0.4, 0.5) is 13.2 Å². The summed E-state index contributed by atoms with van der Waals surface area (Å²) in [5.74, 6) is 0. The van der Waals surface area contributed by atoms with Crippen molar-refractivity contribution in [3.8, 4) is 0 Å². The first-order chi connectivity index (χ1) is 6.40. The Morgan fingerprint density at radius 2 is 1.86 bits per heavy atom. The number of alkyl halides is 3. The third-order valence-electron chi connectivity index (χ3n) is 1.64. The van der Waals surface area contributed by atoms with E-state index in [1.807, 2.05) is 6.92 Å². The molecule has 0 aliphatic heterocycles. The highest BCUT2D eigenvalue weighted by atomic mass is 79.9. The van der Waals surface area contributed by atoms with Crippen LogP contribution in [0, 0.1) is 0 Å². The van der Waals surface area contributed by atoms with E-state index in [2.05, 4.69) is 20.9 Å². The normalized spacial score (nSPS) is 11.8. The number of rotatable bonds is 2. The van der Waals surface area contributed by atoms with Crippen molar-refractivity contribution in [1.29, 1.82) is 0 Å². The second-order valence-electron chi connectivity index (χ2n) is 2.91. The van der Waals surface area contributed by atoms with Crippen molar-refractivity contribution < 1.29 is 13.2 Å². The summed E-state index contributed by atoms with van der Waals surface area (Å²) in [4.78, 5) is 3.89. The maximum Gasteiger partial charge on any atom is 0.394 e. The van der Waals surface area contributed by atoms with E-state index in [9.17, 15) is 13.2 Å². The number of halogens is 4. The van der Waals surface area contributed by atoms with Gasteiger partial charge in [-0.1, -0.05) is 22.9 Å². The molecule has 1 heterocycles. The van der Waals surface area contributed by atoms with E-state index in [4.69, 9.17) is 0 Å². The van der Waals surface area contributed by atoms with E-state index < -0.39 is 12.6 Å². The minimum Gasteiger partial charge on any atom is -0.257 e. The average Bonchev–Trinajstić information content (AvgIpc) is 1.99. The quantitative estimate of drug-likeness (QED) is 0.799. The molecule has 1 aromatic heterocycles. The lowest BCUT2D eigenvalue weighted by molar-refractivity contribution is -0.127. The van der Waals surface area contributed by atoms with Crippen LogP contribution in [0.3, 0.4) is 0 Å². The summed E-state index contributed by atoms with van der Waals surface area (Å²) in [5.41, 5.74) is 0.724. The highest BCUT2D eigenvalue weighted by Gasteiger charge is 2.28. The first-order valence-corrected chi connectivity index (χ1v) is 4.92. The van der Waals surface area contributed by atoms with Gasteiger partial charge in [-0.25, -0.2) is 0 Å². The maximum atomic E-state index is 12.1. The summed E-state index contributed by atoms with van der Waals surface area (Å²) in [7, 11) is 0. The van der Waals surface area contributed by atoms with Crippen molar-refractivity contribution in [1.82, 2.24) is 4.98 Å². The van der Waals surface area contributed by atoms with Gasteiger partial charge < -0.3 is 0 Å². The largest absolute Gasteiger partial charge is 0.394 e. The summed E-state index contributed by atoms with van der Waals surface area (Å²) >= 11 is 3.15. The first kappa shape index (κ1) is 11.5. The van der Waals surface area contributed by atoms with Crippen molar-refractivity contribution in [2.75, 3.05) is 0 Å². The Labute approximate surface area is 88.5 Å². The summed E-state index contributed by atoms with van der Waals surface area (Å²) in [5, 5.41) is 0. The number of nitrogens with zero attached hydrogens (tertiary/aromatic N) is 1. The Morgan fingerprint density at radius 1 is 1.29 bits per heavy atom. The lowest BCUT2D eigenvalue weighted by atomic mass is 10.2. The summed E-state index contributed by atoms with van der Waals surface area (Å²) in [6.07, 6.45) is -4.54. The molecule has 14 heavy (non-hydrogen) atoms. The van der Waals surface area contributed by atoms with E-state index in [0.717, 1.165) is 0 Å². The number of pyridine rings is 1. The van der Waals surface area contributed by atoms with Crippen molar-refractivity contribution in [3.63, 3.8) is 0 Å². The van der Waals surface area contributed by atoms with Gasteiger partial charge in [0.2, 0.25) is 0 Å².